The van der Waals surface area contributed by atoms with Crippen molar-refractivity contribution in [2.75, 3.05) is 27.4 Å². The predicted octanol–water partition coefficient (Wildman–Crippen LogP) is 2.82. The normalized spacial score (nSPS) is 11.6. The van der Waals surface area contributed by atoms with Crippen molar-refractivity contribution in [3.05, 3.63) is 53.1 Å². The second kappa shape index (κ2) is 11.2. The Labute approximate surface area is 172 Å². The molecule has 0 atom stereocenters. The Morgan fingerprint density at radius 1 is 1.04 bits per heavy atom. The Kier molecular flexibility index (Phi) is 9.74. The van der Waals surface area contributed by atoms with Crippen molar-refractivity contribution in [1.82, 2.24) is 0 Å². The maximum absolute atomic E-state index is 10.2. The van der Waals surface area contributed by atoms with E-state index in [4.69, 9.17) is 16.3 Å². The van der Waals surface area contributed by atoms with Gasteiger partial charge in [-0.05, 0) is 48.9 Å². The van der Waals surface area contributed by atoms with Gasteiger partial charge < -0.3 is 26.7 Å². The number of nitrogens with zero attached hydrogens (tertiary/aromatic N) is 3. The van der Waals surface area contributed by atoms with Gasteiger partial charge in [0.25, 0.3) is 0 Å². The number of aromatic hydroxyl groups is 1. The van der Waals surface area contributed by atoms with Crippen molar-refractivity contribution < 1.29 is 26.7 Å². The maximum atomic E-state index is 10.2. The summed E-state index contributed by atoms with van der Waals surface area (Å²) >= 11 is 5.87. The van der Waals surface area contributed by atoms with Crippen LogP contribution in [0.15, 0.2) is 52.7 Å². The lowest BCUT2D eigenvalue weighted by Crippen LogP contribution is -3.00. The Bertz CT molecular complexity index is 735. The van der Waals surface area contributed by atoms with Gasteiger partial charge in [-0.3, -0.25) is 0 Å². The summed E-state index contributed by atoms with van der Waals surface area (Å²) in [6, 6.07) is 12.4. The van der Waals surface area contributed by atoms with Gasteiger partial charge in [0.1, 0.15) is 12.3 Å². The van der Waals surface area contributed by atoms with E-state index in [1.54, 1.807) is 36.4 Å². The minimum absolute atomic E-state index is 0. The molecule has 0 aliphatic rings. The highest BCUT2D eigenvalue weighted by Crippen LogP contribution is 2.27. The fourth-order valence-corrected chi connectivity index (χ4v) is 2.57. The van der Waals surface area contributed by atoms with E-state index in [1.165, 1.54) is 0 Å². The zero-order valence-corrected chi connectivity index (χ0v) is 17.5. The molecule has 148 valence electrons. The number of ether oxygens (including phenoxy) is 1. The molecular formula is C20H27Cl2N3O2. The van der Waals surface area contributed by atoms with Gasteiger partial charge in [0.2, 0.25) is 0 Å². The average Bonchev–Trinajstić information content (AvgIpc) is 2.60. The molecule has 0 aromatic heterocycles. The molecule has 0 aliphatic heterocycles. The lowest BCUT2D eigenvalue weighted by molar-refractivity contribution is -0.922. The fraction of sp³-hybridized carbons (Fsp3) is 0.400. The first-order valence-corrected chi connectivity index (χ1v) is 9.16. The van der Waals surface area contributed by atoms with E-state index in [0.717, 1.165) is 30.7 Å². The van der Waals surface area contributed by atoms with Gasteiger partial charge in [-0.1, -0.05) is 24.9 Å². The van der Waals surface area contributed by atoms with Crippen LogP contribution in [0.4, 0.5) is 11.4 Å². The maximum Gasteiger partial charge on any atom is 0.182 e. The van der Waals surface area contributed by atoms with Gasteiger partial charge in [-0.15, -0.1) is 0 Å². The summed E-state index contributed by atoms with van der Waals surface area (Å²) in [5, 5.41) is 19.3. The molecule has 0 radical (unpaired) electrons. The quantitative estimate of drug-likeness (QED) is 0.298. The van der Waals surface area contributed by atoms with Crippen LogP contribution in [0.25, 0.3) is 0 Å². The number of azo groups is 1. The number of rotatable bonds is 9. The van der Waals surface area contributed by atoms with Gasteiger partial charge in [0, 0.05) is 5.02 Å². The Morgan fingerprint density at radius 2 is 1.67 bits per heavy atom. The van der Waals surface area contributed by atoms with Crippen LogP contribution in [-0.2, 0) is 11.3 Å². The summed E-state index contributed by atoms with van der Waals surface area (Å²) < 4.78 is 6.35. The Balaban J connectivity index is 0.00000364. The van der Waals surface area contributed by atoms with Crippen LogP contribution in [0.5, 0.6) is 5.75 Å². The van der Waals surface area contributed by atoms with Crippen molar-refractivity contribution in [2.45, 2.75) is 26.3 Å². The van der Waals surface area contributed by atoms with Crippen LogP contribution in [-0.4, -0.2) is 37.0 Å². The summed E-state index contributed by atoms with van der Waals surface area (Å²) in [4.78, 5) is 0. The molecule has 0 saturated carbocycles. The number of phenolic OH excluding ortho intramolecular Hbond substituents is 1. The van der Waals surface area contributed by atoms with Crippen LogP contribution in [0.2, 0.25) is 5.02 Å². The summed E-state index contributed by atoms with van der Waals surface area (Å²) in [7, 11) is 4.15. The highest BCUT2D eigenvalue weighted by Gasteiger charge is 2.18. The molecule has 0 saturated heterocycles. The van der Waals surface area contributed by atoms with E-state index in [1.807, 2.05) is 6.07 Å². The molecule has 0 spiro atoms. The Morgan fingerprint density at radius 3 is 2.33 bits per heavy atom. The Hall–Kier alpha value is -1.66. The zero-order chi connectivity index (χ0) is 19.0. The van der Waals surface area contributed by atoms with Crippen LogP contribution in [0.3, 0.4) is 0 Å². The van der Waals surface area contributed by atoms with Crippen molar-refractivity contribution in [2.24, 2.45) is 10.2 Å². The molecule has 0 bridgehead atoms. The minimum atomic E-state index is 0. The lowest BCUT2D eigenvalue weighted by atomic mass is 10.1. The average molecular weight is 412 g/mol. The fourth-order valence-electron chi connectivity index (χ4n) is 2.45. The number of hydrogen-bond acceptors (Lipinski definition) is 4. The molecule has 2 aromatic rings. The molecule has 5 nitrogen and oxygen atoms in total. The standard InChI is InChI=1S/C20H26ClN3O2.ClH/c1-4-5-12-26-15-24(2,3)14-16-13-19(10-11-20(16)25)23-22-18-8-6-17(21)7-9-18;/h6-11,13H,4-5,12,14-15H2,1-3H3;1H. The molecular weight excluding hydrogens is 385 g/mol. The van der Waals surface area contributed by atoms with Gasteiger partial charge in [-0.25, -0.2) is 0 Å². The topological polar surface area (TPSA) is 54.2 Å². The number of hydrogen-bond donors (Lipinski definition) is 1. The van der Waals surface area contributed by atoms with Crippen LogP contribution in [0, 0.1) is 0 Å². The molecule has 2 rings (SSSR count). The first-order valence-electron chi connectivity index (χ1n) is 8.78. The third kappa shape index (κ3) is 8.26. The van der Waals surface area contributed by atoms with E-state index >= 15 is 0 Å². The number of phenols is 1. The first-order chi connectivity index (χ1) is 12.4. The van der Waals surface area contributed by atoms with Crippen LogP contribution < -0.4 is 12.4 Å². The third-order valence-corrected chi connectivity index (χ3v) is 4.10. The number of benzene rings is 2. The first kappa shape index (κ1) is 23.4. The van der Waals surface area contributed by atoms with Crippen molar-refractivity contribution in [3.63, 3.8) is 0 Å². The number of unbranched alkanes of at least 4 members (excludes halogenated alkanes) is 1. The van der Waals surface area contributed by atoms with Gasteiger partial charge in [0.05, 0.1) is 37.6 Å². The van der Waals surface area contributed by atoms with E-state index in [9.17, 15) is 5.11 Å². The number of halogens is 2. The second-order valence-electron chi connectivity index (χ2n) is 6.97. The second-order valence-corrected chi connectivity index (χ2v) is 7.41. The monoisotopic (exact) mass is 411 g/mol. The smallest absolute Gasteiger partial charge is 0.182 e. The molecule has 1 N–H and O–H groups in total. The molecule has 0 amide bonds. The predicted molar refractivity (Wildman–Crippen MR) is 105 cm³/mol. The van der Waals surface area contributed by atoms with Crippen molar-refractivity contribution in [1.29, 1.82) is 0 Å². The summed E-state index contributed by atoms with van der Waals surface area (Å²) in [6.07, 6.45) is 2.18. The van der Waals surface area contributed by atoms with E-state index in [-0.39, 0.29) is 18.2 Å². The van der Waals surface area contributed by atoms with E-state index in [0.29, 0.717) is 28.5 Å². The van der Waals surface area contributed by atoms with Crippen LogP contribution >= 0.6 is 11.6 Å². The highest BCUT2D eigenvalue weighted by molar-refractivity contribution is 6.30. The third-order valence-electron chi connectivity index (χ3n) is 3.85. The molecule has 0 aliphatic carbocycles. The SMILES string of the molecule is CCCCOC[N+](C)(C)Cc1cc(N=Nc2ccc(Cl)cc2)ccc1O.[Cl-]. The van der Waals surface area contributed by atoms with Gasteiger partial charge in [0.15, 0.2) is 6.73 Å². The molecule has 0 fully saturated rings. The van der Waals surface area contributed by atoms with Crippen molar-refractivity contribution >= 4 is 23.0 Å². The van der Waals surface area contributed by atoms with Crippen LogP contribution in [0.1, 0.15) is 25.3 Å². The minimum Gasteiger partial charge on any atom is -1.00 e. The lowest BCUT2D eigenvalue weighted by Gasteiger charge is -2.29. The molecule has 7 heteroatoms. The highest BCUT2D eigenvalue weighted by atomic mass is 35.5. The zero-order valence-electron chi connectivity index (χ0n) is 16.0. The summed E-state index contributed by atoms with van der Waals surface area (Å²) in [6.45, 7) is 4.14. The summed E-state index contributed by atoms with van der Waals surface area (Å²) in [5.41, 5.74) is 2.24. The number of quaternary nitrogens is 1. The molecule has 2 aromatic carbocycles. The van der Waals surface area contributed by atoms with Gasteiger partial charge >= 0.3 is 0 Å². The van der Waals surface area contributed by atoms with E-state index < -0.39 is 0 Å². The molecule has 0 unspecified atom stereocenters. The van der Waals surface area contributed by atoms with E-state index in [2.05, 4.69) is 31.2 Å². The van der Waals surface area contributed by atoms with Crippen molar-refractivity contribution in [3.8, 4) is 5.75 Å². The summed E-state index contributed by atoms with van der Waals surface area (Å²) in [5.74, 6) is 0.259. The van der Waals surface area contributed by atoms with Gasteiger partial charge in [-0.2, -0.15) is 10.2 Å². The molecule has 27 heavy (non-hydrogen) atoms. The molecule has 0 heterocycles. The largest absolute Gasteiger partial charge is 1.00 e.